The van der Waals surface area contributed by atoms with E-state index in [9.17, 15) is 13.6 Å². The van der Waals surface area contributed by atoms with Gasteiger partial charge in [0.2, 0.25) is 5.91 Å². The molecule has 5 heteroatoms. The van der Waals surface area contributed by atoms with Gasteiger partial charge in [-0.05, 0) is 30.3 Å². The highest BCUT2D eigenvalue weighted by molar-refractivity contribution is 5.99. The van der Waals surface area contributed by atoms with E-state index in [1.54, 1.807) is 13.1 Å². The highest BCUT2D eigenvalue weighted by Gasteiger charge is 2.21. The zero-order valence-electron chi connectivity index (χ0n) is 11.4. The summed E-state index contributed by atoms with van der Waals surface area (Å²) in [5.41, 5.74) is 2.88. The quantitative estimate of drug-likeness (QED) is 0.912. The molecule has 0 fully saturated rings. The predicted molar refractivity (Wildman–Crippen MR) is 76.0 cm³/mol. The van der Waals surface area contributed by atoms with E-state index in [1.165, 1.54) is 12.1 Å². The van der Waals surface area contributed by atoms with Crippen molar-refractivity contribution >= 4 is 11.6 Å². The lowest BCUT2D eigenvalue weighted by Crippen LogP contribution is -2.19. The molecule has 1 heterocycles. The molecule has 21 heavy (non-hydrogen) atoms. The Morgan fingerprint density at radius 1 is 1.19 bits per heavy atom. The summed E-state index contributed by atoms with van der Waals surface area (Å²) in [6.45, 7) is 0. The number of fused-ring (bicyclic) bond motifs is 1. The third kappa shape index (κ3) is 2.52. The summed E-state index contributed by atoms with van der Waals surface area (Å²) >= 11 is 0. The van der Waals surface area contributed by atoms with Gasteiger partial charge < -0.3 is 10.6 Å². The number of hydrogen-bond donors (Lipinski definition) is 2. The van der Waals surface area contributed by atoms with Crippen molar-refractivity contribution in [2.45, 2.75) is 12.5 Å². The van der Waals surface area contributed by atoms with Crippen LogP contribution in [-0.4, -0.2) is 13.0 Å². The maximum Gasteiger partial charge on any atom is 0.228 e. The number of halogens is 2. The first-order valence-corrected chi connectivity index (χ1v) is 6.63. The fourth-order valence-electron chi connectivity index (χ4n) is 2.67. The highest BCUT2D eigenvalue weighted by atomic mass is 19.1. The van der Waals surface area contributed by atoms with Crippen LogP contribution in [0.15, 0.2) is 36.4 Å². The van der Waals surface area contributed by atoms with E-state index in [0.717, 1.165) is 22.9 Å². The molecule has 0 spiro atoms. The van der Waals surface area contributed by atoms with Crippen LogP contribution in [0.3, 0.4) is 0 Å². The van der Waals surface area contributed by atoms with Crippen molar-refractivity contribution in [1.29, 1.82) is 0 Å². The first-order chi connectivity index (χ1) is 10.1. The smallest absolute Gasteiger partial charge is 0.228 e. The molecular weight excluding hydrogens is 274 g/mol. The van der Waals surface area contributed by atoms with Gasteiger partial charge in [0.25, 0.3) is 0 Å². The molecule has 0 saturated carbocycles. The maximum absolute atomic E-state index is 14.0. The summed E-state index contributed by atoms with van der Waals surface area (Å²) < 4.78 is 27.0. The topological polar surface area (TPSA) is 41.1 Å². The molecule has 1 unspecified atom stereocenters. The number of hydrogen-bond acceptors (Lipinski definition) is 2. The molecule has 0 aliphatic carbocycles. The molecule has 1 aliphatic heterocycles. The van der Waals surface area contributed by atoms with Crippen molar-refractivity contribution in [1.82, 2.24) is 5.32 Å². The van der Waals surface area contributed by atoms with Gasteiger partial charge >= 0.3 is 0 Å². The minimum Gasteiger partial charge on any atom is -0.326 e. The van der Waals surface area contributed by atoms with Crippen LogP contribution in [0.25, 0.3) is 0 Å². The molecule has 1 amide bonds. The van der Waals surface area contributed by atoms with Gasteiger partial charge in [0.15, 0.2) is 0 Å². The first-order valence-electron chi connectivity index (χ1n) is 6.63. The summed E-state index contributed by atoms with van der Waals surface area (Å²) in [4.78, 5) is 11.4. The summed E-state index contributed by atoms with van der Waals surface area (Å²) in [7, 11) is 1.71. The molecule has 108 valence electrons. The zero-order chi connectivity index (χ0) is 15.0. The van der Waals surface area contributed by atoms with Crippen molar-refractivity contribution in [3.05, 3.63) is 64.7 Å². The van der Waals surface area contributed by atoms with Crippen molar-refractivity contribution in [3.63, 3.8) is 0 Å². The average Bonchev–Trinajstić information content (AvgIpc) is 2.81. The Morgan fingerprint density at radius 2 is 2.00 bits per heavy atom. The zero-order valence-corrected chi connectivity index (χ0v) is 11.4. The van der Waals surface area contributed by atoms with E-state index in [4.69, 9.17) is 0 Å². The van der Waals surface area contributed by atoms with E-state index in [1.807, 2.05) is 12.1 Å². The lowest BCUT2D eigenvalue weighted by molar-refractivity contribution is -0.115. The SMILES string of the molecule is CNC(c1ccc2c(c1)CC(=O)N2)c1ccc(F)cc1F. The molecule has 2 N–H and O–H groups in total. The first kappa shape index (κ1) is 13.7. The van der Waals surface area contributed by atoms with Crippen molar-refractivity contribution in [2.24, 2.45) is 0 Å². The number of carbonyl (C=O) groups is 1. The van der Waals surface area contributed by atoms with E-state index in [0.29, 0.717) is 12.0 Å². The highest BCUT2D eigenvalue weighted by Crippen LogP contribution is 2.30. The van der Waals surface area contributed by atoms with Crippen LogP contribution in [0.5, 0.6) is 0 Å². The van der Waals surface area contributed by atoms with E-state index >= 15 is 0 Å². The van der Waals surface area contributed by atoms with Crippen LogP contribution in [0, 0.1) is 11.6 Å². The second-order valence-electron chi connectivity index (χ2n) is 5.03. The van der Waals surface area contributed by atoms with Gasteiger partial charge in [0.1, 0.15) is 11.6 Å². The lowest BCUT2D eigenvalue weighted by Gasteiger charge is -2.18. The van der Waals surface area contributed by atoms with Crippen LogP contribution in [-0.2, 0) is 11.2 Å². The van der Waals surface area contributed by atoms with Crippen LogP contribution < -0.4 is 10.6 Å². The van der Waals surface area contributed by atoms with Crippen LogP contribution in [0.2, 0.25) is 0 Å². The van der Waals surface area contributed by atoms with Gasteiger partial charge in [0, 0.05) is 17.3 Å². The fourth-order valence-corrected chi connectivity index (χ4v) is 2.67. The van der Waals surface area contributed by atoms with Crippen LogP contribution in [0.4, 0.5) is 14.5 Å². The predicted octanol–water partition coefficient (Wildman–Crippen LogP) is 2.77. The summed E-state index contributed by atoms with van der Waals surface area (Å²) in [6, 6.07) is 8.65. The van der Waals surface area contributed by atoms with E-state index < -0.39 is 17.7 Å². The Hall–Kier alpha value is -2.27. The monoisotopic (exact) mass is 288 g/mol. The van der Waals surface area contributed by atoms with Crippen LogP contribution >= 0.6 is 0 Å². The second kappa shape index (κ2) is 5.26. The van der Waals surface area contributed by atoms with Crippen molar-refractivity contribution < 1.29 is 13.6 Å². The molecule has 1 atom stereocenters. The molecular formula is C16H14F2N2O. The number of amides is 1. The summed E-state index contributed by atoms with van der Waals surface area (Å²) in [6.07, 6.45) is 0.325. The molecule has 3 rings (SSSR count). The van der Waals surface area contributed by atoms with Gasteiger partial charge in [-0.25, -0.2) is 8.78 Å². The number of carbonyl (C=O) groups excluding carboxylic acids is 1. The Balaban J connectivity index is 2.01. The van der Waals surface area contributed by atoms with Gasteiger partial charge in [-0.2, -0.15) is 0 Å². The van der Waals surface area contributed by atoms with Crippen molar-refractivity contribution in [3.8, 4) is 0 Å². The standard InChI is InChI=1S/C16H14F2N2O/c1-19-16(12-4-3-11(17)8-13(12)18)9-2-5-14-10(6-9)7-15(21)20-14/h2-6,8,16,19H,7H2,1H3,(H,20,21). The van der Waals surface area contributed by atoms with Gasteiger partial charge in [-0.15, -0.1) is 0 Å². The number of nitrogens with one attached hydrogen (secondary N) is 2. The summed E-state index contributed by atoms with van der Waals surface area (Å²) in [5, 5.41) is 5.79. The largest absolute Gasteiger partial charge is 0.326 e. The normalized spacial score (nSPS) is 14.7. The Kier molecular flexibility index (Phi) is 3.43. The average molecular weight is 288 g/mol. The minimum atomic E-state index is -0.602. The third-order valence-corrected chi connectivity index (χ3v) is 3.65. The molecule has 1 aliphatic rings. The fraction of sp³-hybridized carbons (Fsp3) is 0.188. The minimum absolute atomic E-state index is 0.0453. The second-order valence-corrected chi connectivity index (χ2v) is 5.03. The number of benzene rings is 2. The molecule has 3 nitrogen and oxygen atoms in total. The molecule has 0 bridgehead atoms. The lowest BCUT2D eigenvalue weighted by atomic mass is 9.96. The number of anilines is 1. The molecule has 0 radical (unpaired) electrons. The Morgan fingerprint density at radius 3 is 2.71 bits per heavy atom. The van der Waals surface area contributed by atoms with Gasteiger partial charge in [-0.3, -0.25) is 4.79 Å². The van der Waals surface area contributed by atoms with E-state index in [-0.39, 0.29) is 5.91 Å². The van der Waals surface area contributed by atoms with Crippen molar-refractivity contribution in [2.75, 3.05) is 12.4 Å². The Bertz CT molecular complexity index is 715. The summed E-state index contributed by atoms with van der Waals surface area (Å²) in [5.74, 6) is -1.24. The molecule has 0 saturated heterocycles. The molecule has 0 aromatic heterocycles. The van der Waals surface area contributed by atoms with Gasteiger partial charge in [0.05, 0.1) is 12.5 Å². The number of rotatable bonds is 3. The molecule has 2 aromatic rings. The van der Waals surface area contributed by atoms with E-state index in [2.05, 4.69) is 10.6 Å². The third-order valence-electron chi connectivity index (χ3n) is 3.65. The van der Waals surface area contributed by atoms with Gasteiger partial charge in [-0.1, -0.05) is 18.2 Å². The maximum atomic E-state index is 14.0. The Labute approximate surface area is 121 Å². The van der Waals surface area contributed by atoms with Crippen LogP contribution in [0.1, 0.15) is 22.7 Å². The molecule has 2 aromatic carbocycles.